The Morgan fingerprint density at radius 2 is 1.32 bits per heavy atom. The topological polar surface area (TPSA) is 56.8 Å². The van der Waals surface area contributed by atoms with Gasteiger partial charge in [0, 0.05) is 57.3 Å². The normalized spacial score (nSPS) is 17.1. The maximum absolute atomic E-state index is 13.1. The van der Waals surface area contributed by atoms with Crippen LogP contribution in [0.4, 0.5) is 10.1 Å². The zero-order valence-corrected chi connectivity index (χ0v) is 15.7. The highest BCUT2D eigenvalue weighted by Gasteiger charge is 2.25. The first-order valence-corrected chi connectivity index (χ1v) is 9.66. The van der Waals surface area contributed by atoms with Crippen LogP contribution in [0.15, 0.2) is 42.7 Å². The molecule has 1 aromatic carbocycles. The van der Waals surface area contributed by atoms with Crippen LogP contribution in [-0.4, -0.2) is 65.9 Å². The first kappa shape index (κ1) is 18.4. The molecule has 3 heterocycles. The van der Waals surface area contributed by atoms with Crippen LogP contribution in [0.5, 0.6) is 0 Å². The van der Waals surface area contributed by atoms with E-state index in [1.165, 1.54) is 24.5 Å². The van der Waals surface area contributed by atoms with Crippen molar-refractivity contribution in [3.05, 3.63) is 59.7 Å². The third-order valence-electron chi connectivity index (χ3n) is 5.38. The molecule has 2 saturated heterocycles. The quantitative estimate of drug-likeness (QED) is 0.818. The summed E-state index contributed by atoms with van der Waals surface area (Å²) in [5.41, 5.74) is 1.87. The van der Waals surface area contributed by atoms with E-state index in [0.717, 1.165) is 31.6 Å². The Hall–Kier alpha value is -2.96. The first-order valence-electron chi connectivity index (χ1n) is 9.66. The molecule has 2 aliphatic heterocycles. The molecular formula is C21H23FN4O2. The first-order chi connectivity index (χ1) is 13.6. The Bertz CT molecular complexity index is 857. The number of piperazine rings is 1. The van der Waals surface area contributed by atoms with Crippen molar-refractivity contribution in [2.75, 3.05) is 44.2 Å². The van der Waals surface area contributed by atoms with Gasteiger partial charge in [-0.1, -0.05) is 0 Å². The molecule has 2 amide bonds. The minimum absolute atomic E-state index is 0.0548. The van der Waals surface area contributed by atoms with Crippen LogP contribution in [0.2, 0.25) is 0 Å². The molecule has 1 aromatic heterocycles. The van der Waals surface area contributed by atoms with Crippen molar-refractivity contribution in [2.24, 2.45) is 0 Å². The summed E-state index contributed by atoms with van der Waals surface area (Å²) in [7, 11) is 0. The fourth-order valence-corrected chi connectivity index (χ4v) is 3.78. The van der Waals surface area contributed by atoms with Crippen LogP contribution in [0.3, 0.4) is 0 Å². The van der Waals surface area contributed by atoms with Crippen LogP contribution >= 0.6 is 0 Å². The number of halogens is 1. The summed E-state index contributed by atoms with van der Waals surface area (Å²) >= 11 is 0. The molecule has 7 heteroatoms. The number of amides is 2. The van der Waals surface area contributed by atoms with E-state index in [4.69, 9.17) is 0 Å². The average Bonchev–Trinajstić information content (AvgIpc) is 3.28. The predicted octanol–water partition coefficient (Wildman–Crippen LogP) is 2.42. The van der Waals surface area contributed by atoms with Gasteiger partial charge in [0.25, 0.3) is 11.8 Å². The number of carbonyl (C=O) groups excluding carboxylic acids is 2. The molecule has 2 fully saturated rings. The van der Waals surface area contributed by atoms with Gasteiger partial charge in [-0.15, -0.1) is 0 Å². The van der Waals surface area contributed by atoms with E-state index in [0.29, 0.717) is 37.3 Å². The number of aromatic nitrogens is 1. The van der Waals surface area contributed by atoms with Crippen molar-refractivity contribution in [3.8, 4) is 0 Å². The lowest BCUT2D eigenvalue weighted by Gasteiger charge is -2.36. The van der Waals surface area contributed by atoms with E-state index in [9.17, 15) is 14.0 Å². The second-order valence-electron chi connectivity index (χ2n) is 7.22. The van der Waals surface area contributed by atoms with E-state index in [1.54, 1.807) is 23.1 Å². The fraction of sp³-hybridized carbons (Fsp3) is 0.381. The minimum atomic E-state index is -0.256. The number of nitrogens with zero attached hydrogens (tertiary/aromatic N) is 4. The predicted molar refractivity (Wildman–Crippen MR) is 104 cm³/mol. The SMILES string of the molecule is O=C(c1cncc(C(=O)N2CCN(c3ccc(F)cc3)CC2)c1)N1CCCC1. The molecule has 146 valence electrons. The van der Waals surface area contributed by atoms with Crippen molar-refractivity contribution >= 4 is 17.5 Å². The molecule has 6 nitrogen and oxygen atoms in total. The van der Waals surface area contributed by atoms with Crippen LogP contribution in [0.1, 0.15) is 33.6 Å². The van der Waals surface area contributed by atoms with Gasteiger partial charge in [-0.3, -0.25) is 14.6 Å². The minimum Gasteiger partial charge on any atom is -0.368 e. The molecule has 0 aliphatic carbocycles. The lowest BCUT2D eigenvalue weighted by molar-refractivity contribution is 0.0746. The summed E-state index contributed by atoms with van der Waals surface area (Å²) < 4.78 is 13.1. The summed E-state index contributed by atoms with van der Waals surface area (Å²) in [6.45, 7) is 4.03. The Kier molecular flexibility index (Phi) is 5.23. The third-order valence-corrected chi connectivity index (χ3v) is 5.38. The highest BCUT2D eigenvalue weighted by Crippen LogP contribution is 2.19. The van der Waals surface area contributed by atoms with Crippen molar-refractivity contribution in [1.82, 2.24) is 14.8 Å². The molecule has 0 atom stereocenters. The Morgan fingerprint density at radius 1 is 0.786 bits per heavy atom. The largest absolute Gasteiger partial charge is 0.368 e. The summed E-state index contributed by atoms with van der Waals surface area (Å²) in [6, 6.07) is 8.06. The monoisotopic (exact) mass is 382 g/mol. The molecular weight excluding hydrogens is 359 g/mol. The number of carbonyl (C=O) groups is 2. The standard InChI is InChI=1S/C21H23FN4O2/c22-18-3-5-19(6-4-18)24-9-11-26(12-10-24)21(28)17-13-16(14-23-15-17)20(27)25-7-1-2-8-25/h3-6,13-15H,1-2,7-12H2. The van der Waals surface area contributed by atoms with Crippen molar-refractivity contribution in [1.29, 1.82) is 0 Å². The Balaban J connectivity index is 1.40. The highest BCUT2D eigenvalue weighted by molar-refractivity contribution is 5.99. The van der Waals surface area contributed by atoms with Gasteiger partial charge < -0.3 is 14.7 Å². The van der Waals surface area contributed by atoms with Gasteiger partial charge in [-0.05, 0) is 43.2 Å². The molecule has 2 aliphatic rings. The van der Waals surface area contributed by atoms with E-state index in [2.05, 4.69) is 9.88 Å². The van der Waals surface area contributed by atoms with Crippen LogP contribution < -0.4 is 4.90 Å². The van der Waals surface area contributed by atoms with Crippen molar-refractivity contribution in [2.45, 2.75) is 12.8 Å². The number of hydrogen-bond acceptors (Lipinski definition) is 4. The summed E-state index contributed by atoms with van der Waals surface area (Å²) in [4.78, 5) is 35.3. The molecule has 2 aromatic rings. The molecule has 28 heavy (non-hydrogen) atoms. The number of pyridine rings is 1. The van der Waals surface area contributed by atoms with E-state index in [1.807, 2.05) is 4.90 Å². The van der Waals surface area contributed by atoms with Gasteiger partial charge in [-0.25, -0.2) is 4.39 Å². The lowest BCUT2D eigenvalue weighted by Crippen LogP contribution is -2.48. The number of benzene rings is 1. The highest BCUT2D eigenvalue weighted by atomic mass is 19.1. The van der Waals surface area contributed by atoms with Crippen LogP contribution in [0.25, 0.3) is 0 Å². The number of likely N-dealkylation sites (tertiary alicyclic amines) is 1. The molecule has 0 radical (unpaired) electrons. The van der Waals surface area contributed by atoms with Gasteiger partial charge in [0.2, 0.25) is 0 Å². The average molecular weight is 382 g/mol. The molecule has 0 unspecified atom stereocenters. The fourth-order valence-electron chi connectivity index (χ4n) is 3.78. The van der Waals surface area contributed by atoms with E-state index >= 15 is 0 Å². The van der Waals surface area contributed by atoms with Crippen LogP contribution in [0, 0.1) is 5.82 Å². The van der Waals surface area contributed by atoms with Crippen molar-refractivity contribution < 1.29 is 14.0 Å². The molecule has 0 saturated carbocycles. The molecule has 0 bridgehead atoms. The summed E-state index contributed by atoms with van der Waals surface area (Å²) in [6.07, 6.45) is 5.10. The Morgan fingerprint density at radius 3 is 1.89 bits per heavy atom. The maximum Gasteiger partial charge on any atom is 0.255 e. The van der Waals surface area contributed by atoms with Gasteiger partial charge in [0.05, 0.1) is 11.1 Å². The third kappa shape index (κ3) is 3.83. The lowest BCUT2D eigenvalue weighted by atomic mass is 10.1. The number of hydrogen-bond donors (Lipinski definition) is 0. The van der Waals surface area contributed by atoms with Crippen LogP contribution in [-0.2, 0) is 0 Å². The van der Waals surface area contributed by atoms with Gasteiger partial charge in [0.1, 0.15) is 5.82 Å². The molecule has 4 rings (SSSR count). The van der Waals surface area contributed by atoms with Gasteiger partial charge >= 0.3 is 0 Å². The summed E-state index contributed by atoms with van der Waals surface area (Å²) in [5, 5.41) is 0. The summed E-state index contributed by atoms with van der Waals surface area (Å²) in [5.74, 6) is -0.420. The number of rotatable bonds is 3. The molecule has 0 N–H and O–H groups in total. The van der Waals surface area contributed by atoms with Gasteiger partial charge in [0.15, 0.2) is 0 Å². The van der Waals surface area contributed by atoms with Crippen molar-refractivity contribution in [3.63, 3.8) is 0 Å². The Labute approximate surface area is 163 Å². The number of anilines is 1. The van der Waals surface area contributed by atoms with E-state index in [-0.39, 0.29) is 17.6 Å². The van der Waals surface area contributed by atoms with Gasteiger partial charge in [-0.2, -0.15) is 0 Å². The zero-order valence-electron chi connectivity index (χ0n) is 15.7. The molecule has 0 spiro atoms. The smallest absolute Gasteiger partial charge is 0.255 e. The van der Waals surface area contributed by atoms with E-state index < -0.39 is 0 Å². The zero-order chi connectivity index (χ0) is 19.5. The second kappa shape index (κ2) is 7.96. The second-order valence-corrected chi connectivity index (χ2v) is 7.22. The maximum atomic E-state index is 13.1.